The van der Waals surface area contributed by atoms with E-state index in [0.29, 0.717) is 13.0 Å². The molecule has 2 unspecified atom stereocenters. The molecular weight excluding hydrogens is 228 g/mol. The summed E-state index contributed by atoms with van der Waals surface area (Å²) in [5, 5.41) is 12.7. The van der Waals surface area contributed by atoms with Crippen LogP contribution in [0.4, 0.5) is 0 Å². The van der Waals surface area contributed by atoms with Gasteiger partial charge in [-0.1, -0.05) is 30.3 Å². The van der Waals surface area contributed by atoms with Crippen molar-refractivity contribution in [3.05, 3.63) is 35.9 Å². The summed E-state index contributed by atoms with van der Waals surface area (Å²) in [4.78, 5) is 13.3. The minimum absolute atomic E-state index is 0.0828. The highest BCUT2D eigenvalue weighted by Gasteiger charge is 2.28. The van der Waals surface area contributed by atoms with Gasteiger partial charge in [0.2, 0.25) is 5.91 Å². The average Bonchev–Trinajstić information content (AvgIpc) is 2.34. The van der Waals surface area contributed by atoms with E-state index in [9.17, 15) is 9.90 Å². The third-order valence-corrected chi connectivity index (χ3v) is 3.30. The van der Waals surface area contributed by atoms with Crippen LogP contribution < -0.4 is 5.32 Å². The molecule has 0 radical (unpaired) electrons. The van der Waals surface area contributed by atoms with E-state index in [-0.39, 0.29) is 11.9 Å². The number of benzene rings is 1. The predicted octanol–water partition coefficient (Wildman–Crippen LogP) is 0.758. The maximum atomic E-state index is 11.1. The molecular formula is C14H20N2O2. The molecule has 4 nitrogen and oxygen atoms in total. The minimum atomic E-state index is -0.430. The van der Waals surface area contributed by atoms with E-state index in [1.807, 2.05) is 18.2 Å². The molecule has 4 heteroatoms. The van der Waals surface area contributed by atoms with E-state index in [4.69, 9.17) is 0 Å². The van der Waals surface area contributed by atoms with Gasteiger partial charge in [0.25, 0.3) is 0 Å². The van der Waals surface area contributed by atoms with Crippen LogP contribution in [-0.4, -0.2) is 41.1 Å². The normalized spacial score (nSPS) is 24.8. The molecule has 2 N–H and O–H groups in total. The van der Waals surface area contributed by atoms with E-state index in [1.165, 1.54) is 12.5 Å². The zero-order valence-corrected chi connectivity index (χ0v) is 10.7. The Bertz CT molecular complexity index is 394. The van der Waals surface area contributed by atoms with Crippen molar-refractivity contribution in [2.75, 3.05) is 13.1 Å². The highest BCUT2D eigenvalue weighted by atomic mass is 16.3. The number of nitrogens with zero attached hydrogens (tertiary/aromatic N) is 1. The van der Waals surface area contributed by atoms with Crippen LogP contribution in [-0.2, 0) is 11.3 Å². The molecule has 0 spiro atoms. The molecule has 1 aromatic carbocycles. The lowest BCUT2D eigenvalue weighted by atomic mass is 10.0. The Balaban J connectivity index is 1.93. The van der Waals surface area contributed by atoms with Crippen molar-refractivity contribution in [2.45, 2.75) is 32.0 Å². The van der Waals surface area contributed by atoms with Crippen LogP contribution in [0, 0.1) is 0 Å². The van der Waals surface area contributed by atoms with Crippen molar-refractivity contribution >= 4 is 5.91 Å². The fourth-order valence-electron chi connectivity index (χ4n) is 2.40. The van der Waals surface area contributed by atoms with Crippen molar-refractivity contribution in [1.82, 2.24) is 10.2 Å². The van der Waals surface area contributed by atoms with Gasteiger partial charge in [-0.2, -0.15) is 0 Å². The Morgan fingerprint density at radius 3 is 2.83 bits per heavy atom. The Kier molecular flexibility index (Phi) is 4.33. The zero-order valence-electron chi connectivity index (χ0n) is 10.7. The SMILES string of the molecule is CC(=O)NC1CN(Cc2ccccc2)CCC1O. The smallest absolute Gasteiger partial charge is 0.217 e. The number of amides is 1. The summed E-state index contributed by atoms with van der Waals surface area (Å²) in [6, 6.07) is 10.1. The van der Waals surface area contributed by atoms with Crippen LogP contribution >= 0.6 is 0 Å². The predicted molar refractivity (Wildman–Crippen MR) is 69.9 cm³/mol. The van der Waals surface area contributed by atoms with Crippen LogP contribution in [0.15, 0.2) is 30.3 Å². The second-order valence-electron chi connectivity index (χ2n) is 4.88. The quantitative estimate of drug-likeness (QED) is 0.830. The standard InChI is InChI=1S/C14H20N2O2/c1-11(17)15-13-10-16(8-7-14(13)18)9-12-5-3-2-4-6-12/h2-6,13-14,18H,7-10H2,1H3,(H,15,17). The summed E-state index contributed by atoms with van der Waals surface area (Å²) in [6.45, 7) is 3.92. The van der Waals surface area contributed by atoms with E-state index < -0.39 is 6.10 Å². The maximum absolute atomic E-state index is 11.1. The van der Waals surface area contributed by atoms with E-state index in [0.717, 1.165) is 13.1 Å². The number of hydrogen-bond donors (Lipinski definition) is 2. The molecule has 18 heavy (non-hydrogen) atoms. The van der Waals surface area contributed by atoms with Gasteiger partial charge >= 0.3 is 0 Å². The van der Waals surface area contributed by atoms with E-state index in [1.54, 1.807) is 0 Å². The molecule has 1 amide bonds. The fraction of sp³-hybridized carbons (Fsp3) is 0.500. The zero-order chi connectivity index (χ0) is 13.0. The minimum Gasteiger partial charge on any atom is -0.391 e. The number of likely N-dealkylation sites (tertiary alicyclic amines) is 1. The Morgan fingerprint density at radius 2 is 2.17 bits per heavy atom. The van der Waals surface area contributed by atoms with Gasteiger partial charge in [0, 0.05) is 26.6 Å². The Hall–Kier alpha value is -1.39. The lowest BCUT2D eigenvalue weighted by molar-refractivity contribution is -0.121. The number of rotatable bonds is 3. The molecule has 1 aliphatic heterocycles. The molecule has 1 fully saturated rings. The Labute approximate surface area is 108 Å². The summed E-state index contributed by atoms with van der Waals surface area (Å²) in [7, 11) is 0. The van der Waals surface area contributed by atoms with Crippen LogP contribution in [0.25, 0.3) is 0 Å². The first kappa shape index (κ1) is 13.1. The van der Waals surface area contributed by atoms with Crippen LogP contribution in [0.1, 0.15) is 18.9 Å². The number of aliphatic hydroxyl groups is 1. The number of aliphatic hydroxyl groups excluding tert-OH is 1. The van der Waals surface area contributed by atoms with Gasteiger partial charge in [-0.25, -0.2) is 0 Å². The second-order valence-corrected chi connectivity index (χ2v) is 4.88. The molecule has 1 saturated heterocycles. The van der Waals surface area contributed by atoms with Crippen molar-refractivity contribution < 1.29 is 9.90 Å². The van der Waals surface area contributed by atoms with Crippen LogP contribution in [0.5, 0.6) is 0 Å². The third kappa shape index (κ3) is 3.55. The molecule has 0 aromatic heterocycles. The molecule has 0 saturated carbocycles. The maximum Gasteiger partial charge on any atom is 0.217 e. The fourth-order valence-corrected chi connectivity index (χ4v) is 2.40. The number of piperidine rings is 1. The highest BCUT2D eigenvalue weighted by molar-refractivity contribution is 5.73. The lowest BCUT2D eigenvalue weighted by Gasteiger charge is -2.36. The largest absolute Gasteiger partial charge is 0.391 e. The van der Waals surface area contributed by atoms with E-state index in [2.05, 4.69) is 22.3 Å². The first-order chi connectivity index (χ1) is 8.65. The van der Waals surface area contributed by atoms with Gasteiger partial charge in [-0.05, 0) is 12.0 Å². The van der Waals surface area contributed by atoms with Crippen LogP contribution in [0.3, 0.4) is 0 Å². The number of nitrogens with one attached hydrogen (secondary N) is 1. The first-order valence-electron chi connectivity index (χ1n) is 6.36. The van der Waals surface area contributed by atoms with E-state index >= 15 is 0 Å². The number of hydrogen-bond acceptors (Lipinski definition) is 3. The summed E-state index contributed by atoms with van der Waals surface area (Å²) in [5.74, 6) is -0.0828. The van der Waals surface area contributed by atoms with Crippen molar-refractivity contribution in [1.29, 1.82) is 0 Å². The lowest BCUT2D eigenvalue weighted by Crippen LogP contribution is -2.54. The molecule has 1 aromatic rings. The van der Waals surface area contributed by atoms with Gasteiger partial charge in [-0.3, -0.25) is 9.69 Å². The monoisotopic (exact) mass is 248 g/mol. The molecule has 2 rings (SSSR count). The summed E-state index contributed by atoms with van der Waals surface area (Å²) in [6.07, 6.45) is 0.276. The third-order valence-electron chi connectivity index (χ3n) is 3.30. The highest BCUT2D eigenvalue weighted by Crippen LogP contribution is 2.14. The summed E-state index contributed by atoms with van der Waals surface area (Å²) < 4.78 is 0. The average molecular weight is 248 g/mol. The van der Waals surface area contributed by atoms with Crippen molar-refractivity contribution in [2.24, 2.45) is 0 Å². The molecule has 0 aliphatic carbocycles. The molecule has 98 valence electrons. The first-order valence-corrected chi connectivity index (χ1v) is 6.36. The van der Waals surface area contributed by atoms with Gasteiger partial charge in [-0.15, -0.1) is 0 Å². The van der Waals surface area contributed by atoms with Crippen molar-refractivity contribution in [3.63, 3.8) is 0 Å². The molecule has 1 aliphatic rings. The van der Waals surface area contributed by atoms with Gasteiger partial charge in [0.15, 0.2) is 0 Å². The van der Waals surface area contributed by atoms with Gasteiger partial charge < -0.3 is 10.4 Å². The number of carbonyl (C=O) groups is 1. The molecule has 1 heterocycles. The topological polar surface area (TPSA) is 52.6 Å². The molecule has 2 atom stereocenters. The van der Waals surface area contributed by atoms with Gasteiger partial charge in [0.05, 0.1) is 12.1 Å². The van der Waals surface area contributed by atoms with Crippen LogP contribution in [0.2, 0.25) is 0 Å². The number of carbonyl (C=O) groups excluding carboxylic acids is 1. The van der Waals surface area contributed by atoms with Gasteiger partial charge in [0.1, 0.15) is 0 Å². The Morgan fingerprint density at radius 1 is 1.44 bits per heavy atom. The summed E-state index contributed by atoms with van der Waals surface area (Å²) >= 11 is 0. The molecule has 0 bridgehead atoms. The second kappa shape index (κ2) is 5.98. The van der Waals surface area contributed by atoms with Crippen molar-refractivity contribution in [3.8, 4) is 0 Å². The summed E-state index contributed by atoms with van der Waals surface area (Å²) in [5.41, 5.74) is 1.26.